The van der Waals surface area contributed by atoms with Crippen molar-refractivity contribution in [3.63, 3.8) is 0 Å². The molecule has 0 aliphatic carbocycles. The van der Waals surface area contributed by atoms with Gasteiger partial charge < -0.3 is 5.32 Å². The highest BCUT2D eigenvalue weighted by Gasteiger charge is 2.18. The van der Waals surface area contributed by atoms with E-state index in [-0.39, 0.29) is 6.04 Å². The lowest BCUT2D eigenvalue weighted by Crippen LogP contribution is -2.22. The summed E-state index contributed by atoms with van der Waals surface area (Å²) in [5, 5.41) is 8.03. The number of aryl methyl sites for hydroxylation is 1. The van der Waals surface area contributed by atoms with Crippen molar-refractivity contribution in [1.29, 1.82) is 0 Å². The van der Waals surface area contributed by atoms with Gasteiger partial charge in [0.1, 0.15) is 0 Å². The van der Waals surface area contributed by atoms with Crippen LogP contribution in [0.2, 0.25) is 0 Å². The molecule has 0 amide bonds. The monoisotopic (exact) mass is 265 g/mol. The van der Waals surface area contributed by atoms with Gasteiger partial charge in [0.05, 0.1) is 17.8 Å². The zero-order chi connectivity index (χ0) is 13.9. The van der Waals surface area contributed by atoms with Crippen LogP contribution in [-0.2, 0) is 0 Å². The molecule has 0 bridgehead atoms. The van der Waals surface area contributed by atoms with Gasteiger partial charge in [-0.05, 0) is 36.7 Å². The number of pyridine rings is 1. The topological polar surface area (TPSA) is 29.3 Å². The minimum atomic E-state index is 0.182. The fourth-order valence-electron chi connectivity index (χ4n) is 2.68. The highest BCUT2D eigenvalue weighted by molar-refractivity contribution is 5.57. The first-order chi connectivity index (χ1) is 9.81. The molecule has 0 fully saturated rings. The van der Waals surface area contributed by atoms with Crippen molar-refractivity contribution < 1.29 is 0 Å². The molecule has 20 heavy (non-hydrogen) atoms. The molecule has 0 saturated carbocycles. The maximum Gasteiger partial charge on any atom is 0.0712 e. The van der Waals surface area contributed by atoms with E-state index in [9.17, 15) is 0 Å². The highest BCUT2D eigenvalue weighted by atomic mass is 15.2. The second-order valence-corrected chi connectivity index (χ2v) is 4.98. The van der Waals surface area contributed by atoms with Gasteiger partial charge in [-0.25, -0.2) is 4.52 Å². The van der Waals surface area contributed by atoms with E-state index in [4.69, 9.17) is 0 Å². The van der Waals surface area contributed by atoms with Crippen molar-refractivity contribution in [3.05, 3.63) is 71.5 Å². The van der Waals surface area contributed by atoms with E-state index in [1.807, 2.05) is 23.0 Å². The molecule has 0 radical (unpaired) electrons. The van der Waals surface area contributed by atoms with Gasteiger partial charge in [-0.3, -0.25) is 0 Å². The number of hydrogen-bond donors (Lipinski definition) is 1. The number of rotatable bonds is 4. The van der Waals surface area contributed by atoms with Crippen LogP contribution < -0.4 is 5.32 Å². The van der Waals surface area contributed by atoms with E-state index in [1.165, 1.54) is 16.7 Å². The molecular formula is C17H19N3. The number of aromatic nitrogens is 2. The largest absolute Gasteiger partial charge is 0.306 e. The molecule has 3 nitrogen and oxygen atoms in total. The third kappa shape index (κ3) is 2.21. The first-order valence-corrected chi connectivity index (χ1v) is 7.02. The van der Waals surface area contributed by atoms with Gasteiger partial charge in [0.2, 0.25) is 0 Å². The van der Waals surface area contributed by atoms with Crippen molar-refractivity contribution in [1.82, 2.24) is 14.9 Å². The first-order valence-electron chi connectivity index (χ1n) is 7.02. The van der Waals surface area contributed by atoms with Crippen LogP contribution in [0.3, 0.4) is 0 Å². The second-order valence-electron chi connectivity index (χ2n) is 4.98. The molecule has 1 unspecified atom stereocenters. The van der Waals surface area contributed by atoms with Crippen LogP contribution in [-0.4, -0.2) is 16.2 Å². The van der Waals surface area contributed by atoms with Crippen LogP contribution in [0.4, 0.5) is 0 Å². The molecule has 3 aromatic rings. The molecule has 2 heterocycles. The smallest absolute Gasteiger partial charge is 0.0712 e. The van der Waals surface area contributed by atoms with Crippen molar-refractivity contribution in [2.24, 2.45) is 0 Å². The Morgan fingerprint density at radius 2 is 1.90 bits per heavy atom. The Balaban J connectivity index is 2.14. The van der Waals surface area contributed by atoms with Crippen LogP contribution in [0, 0.1) is 6.92 Å². The van der Waals surface area contributed by atoms with Gasteiger partial charge in [-0.15, -0.1) is 0 Å². The molecule has 2 aromatic heterocycles. The molecule has 3 heteroatoms. The van der Waals surface area contributed by atoms with E-state index in [2.05, 4.69) is 60.7 Å². The lowest BCUT2D eigenvalue weighted by Gasteiger charge is -2.19. The molecule has 0 spiro atoms. The molecule has 0 aliphatic rings. The third-order valence-corrected chi connectivity index (χ3v) is 3.68. The average molecular weight is 265 g/mol. The van der Waals surface area contributed by atoms with E-state index in [1.54, 1.807) is 0 Å². The minimum Gasteiger partial charge on any atom is -0.306 e. The Bertz CT molecular complexity index is 715. The Hall–Kier alpha value is -2.13. The summed E-state index contributed by atoms with van der Waals surface area (Å²) in [6, 6.07) is 14.9. The van der Waals surface area contributed by atoms with E-state index in [0.717, 1.165) is 12.1 Å². The number of fused-ring (bicyclic) bond motifs is 1. The van der Waals surface area contributed by atoms with Crippen molar-refractivity contribution >= 4 is 5.52 Å². The molecule has 1 aromatic carbocycles. The molecular weight excluding hydrogens is 246 g/mol. The van der Waals surface area contributed by atoms with E-state index in [0.29, 0.717) is 0 Å². The quantitative estimate of drug-likeness (QED) is 0.784. The van der Waals surface area contributed by atoms with Crippen molar-refractivity contribution in [2.75, 3.05) is 6.54 Å². The van der Waals surface area contributed by atoms with E-state index >= 15 is 0 Å². The fraction of sp³-hybridized carbons (Fsp3) is 0.235. The van der Waals surface area contributed by atoms with Crippen LogP contribution in [0.5, 0.6) is 0 Å². The first kappa shape index (κ1) is 12.9. The lowest BCUT2D eigenvalue weighted by atomic mass is 9.96. The van der Waals surface area contributed by atoms with Crippen molar-refractivity contribution in [2.45, 2.75) is 19.9 Å². The molecule has 102 valence electrons. The third-order valence-electron chi connectivity index (χ3n) is 3.68. The SMILES string of the molecule is CCNC(c1ccccc1C)c1cnn2ccccc12. The number of benzene rings is 1. The number of hydrogen-bond acceptors (Lipinski definition) is 2. The van der Waals surface area contributed by atoms with Gasteiger partial charge in [0.25, 0.3) is 0 Å². The summed E-state index contributed by atoms with van der Waals surface area (Å²) in [7, 11) is 0. The van der Waals surface area contributed by atoms with Gasteiger partial charge in [-0.2, -0.15) is 5.10 Å². The molecule has 0 saturated heterocycles. The van der Waals surface area contributed by atoms with Gasteiger partial charge >= 0.3 is 0 Å². The predicted molar refractivity (Wildman–Crippen MR) is 81.9 cm³/mol. The average Bonchev–Trinajstić information content (AvgIpc) is 2.90. The van der Waals surface area contributed by atoms with Crippen LogP contribution in [0.15, 0.2) is 54.9 Å². The second kappa shape index (κ2) is 5.47. The summed E-state index contributed by atoms with van der Waals surface area (Å²) in [6.45, 7) is 5.21. The number of nitrogens with one attached hydrogen (secondary N) is 1. The standard InChI is InChI=1S/C17H19N3/c1-3-18-17(14-9-5-4-8-13(14)2)15-12-19-20-11-7-6-10-16(15)20/h4-12,17-18H,3H2,1-2H3. The van der Waals surface area contributed by atoms with Gasteiger partial charge in [0, 0.05) is 11.8 Å². The Labute approximate surface area is 119 Å². The van der Waals surface area contributed by atoms with Gasteiger partial charge in [0.15, 0.2) is 0 Å². The fourth-order valence-corrected chi connectivity index (χ4v) is 2.68. The molecule has 1 N–H and O–H groups in total. The summed E-state index contributed by atoms with van der Waals surface area (Å²) in [5.74, 6) is 0. The van der Waals surface area contributed by atoms with Crippen LogP contribution >= 0.6 is 0 Å². The summed E-state index contributed by atoms with van der Waals surface area (Å²) in [5.41, 5.74) is 4.99. The van der Waals surface area contributed by atoms with E-state index < -0.39 is 0 Å². The summed E-state index contributed by atoms with van der Waals surface area (Å²) < 4.78 is 1.93. The van der Waals surface area contributed by atoms with Crippen molar-refractivity contribution in [3.8, 4) is 0 Å². The van der Waals surface area contributed by atoms with Crippen LogP contribution in [0.25, 0.3) is 5.52 Å². The zero-order valence-electron chi connectivity index (χ0n) is 11.9. The molecule has 1 atom stereocenters. The predicted octanol–water partition coefficient (Wildman–Crippen LogP) is 3.34. The minimum absolute atomic E-state index is 0.182. The summed E-state index contributed by atoms with van der Waals surface area (Å²) in [4.78, 5) is 0. The molecule has 0 aliphatic heterocycles. The number of nitrogens with zero attached hydrogens (tertiary/aromatic N) is 2. The van der Waals surface area contributed by atoms with Crippen LogP contribution in [0.1, 0.15) is 29.7 Å². The highest BCUT2D eigenvalue weighted by Crippen LogP contribution is 2.27. The zero-order valence-corrected chi connectivity index (χ0v) is 11.9. The molecule has 3 rings (SSSR count). The Morgan fingerprint density at radius 3 is 2.70 bits per heavy atom. The summed E-state index contributed by atoms with van der Waals surface area (Å²) >= 11 is 0. The maximum absolute atomic E-state index is 4.45. The Morgan fingerprint density at radius 1 is 1.10 bits per heavy atom. The normalized spacial score (nSPS) is 12.7. The Kier molecular flexibility index (Phi) is 3.52. The lowest BCUT2D eigenvalue weighted by molar-refractivity contribution is 0.631. The maximum atomic E-state index is 4.45. The van der Waals surface area contributed by atoms with Gasteiger partial charge in [-0.1, -0.05) is 37.3 Å². The summed E-state index contributed by atoms with van der Waals surface area (Å²) in [6.07, 6.45) is 3.95.